The summed E-state index contributed by atoms with van der Waals surface area (Å²) in [5.74, 6) is 0. The van der Waals surface area contributed by atoms with Gasteiger partial charge in [-0.25, -0.2) is 0 Å². The van der Waals surface area contributed by atoms with Crippen molar-refractivity contribution in [1.82, 2.24) is 5.32 Å². The summed E-state index contributed by atoms with van der Waals surface area (Å²) in [4.78, 5) is 10.3. The minimum atomic E-state index is -0.469. The van der Waals surface area contributed by atoms with Gasteiger partial charge in [-0.05, 0) is 31.4 Å². The van der Waals surface area contributed by atoms with Gasteiger partial charge in [0.2, 0.25) is 0 Å². The second-order valence-electron chi connectivity index (χ2n) is 4.85. The molecule has 5 heteroatoms. The minimum absolute atomic E-state index is 0.0288. The predicted octanol–water partition coefficient (Wildman–Crippen LogP) is 3.18. The number of nitro groups is 1. The molecule has 0 heterocycles. The van der Waals surface area contributed by atoms with Crippen LogP contribution in [0.25, 0.3) is 0 Å². The van der Waals surface area contributed by atoms with Crippen molar-refractivity contribution in [3.05, 3.63) is 39.4 Å². The van der Waals surface area contributed by atoms with Crippen LogP contribution in [-0.2, 0) is 6.42 Å². The Hall–Kier alpha value is -1.93. The molecule has 0 radical (unpaired) electrons. The Kier molecular flexibility index (Phi) is 6.68. The van der Waals surface area contributed by atoms with Gasteiger partial charge in [0, 0.05) is 18.2 Å². The molecule has 0 amide bonds. The molecule has 0 aliphatic rings. The summed E-state index contributed by atoms with van der Waals surface area (Å²) in [6.45, 7) is 5.18. The van der Waals surface area contributed by atoms with Gasteiger partial charge in [0.25, 0.3) is 5.69 Å². The third-order valence-electron chi connectivity index (χ3n) is 3.21. The van der Waals surface area contributed by atoms with E-state index in [1.54, 1.807) is 6.07 Å². The number of hydrogen-bond acceptors (Lipinski definition) is 4. The summed E-state index contributed by atoms with van der Waals surface area (Å²) < 4.78 is 0. The van der Waals surface area contributed by atoms with Gasteiger partial charge in [-0.1, -0.05) is 26.3 Å². The van der Waals surface area contributed by atoms with E-state index in [4.69, 9.17) is 5.26 Å². The van der Waals surface area contributed by atoms with Gasteiger partial charge in [-0.15, -0.1) is 0 Å². The normalized spacial score (nSPS) is 11.8. The maximum Gasteiger partial charge on any atom is 0.270 e. The number of nitrogens with zero attached hydrogens (tertiary/aromatic N) is 2. The van der Waals surface area contributed by atoms with Crippen molar-refractivity contribution >= 4 is 5.69 Å². The molecular formula is C15H21N3O2. The van der Waals surface area contributed by atoms with Gasteiger partial charge >= 0.3 is 0 Å². The fourth-order valence-corrected chi connectivity index (χ4v) is 2.20. The Bertz CT molecular complexity index is 494. The molecular weight excluding hydrogens is 254 g/mol. The molecule has 20 heavy (non-hydrogen) atoms. The van der Waals surface area contributed by atoms with Crippen LogP contribution in [0.1, 0.15) is 44.2 Å². The largest absolute Gasteiger partial charge is 0.314 e. The molecule has 1 aromatic rings. The molecule has 5 nitrogen and oxygen atoms in total. The first-order valence-electron chi connectivity index (χ1n) is 7.03. The van der Waals surface area contributed by atoms with E-state index in [9.17, 15) is 10.1 Å². The first-order valence-corrected chi connectivity index (χ1v) is 7.03. The Balaban J connectivity index is 2.89. The lowest BCUT2D eigenvalue weighted by molar-refractivity contribution is -0.384. The summed E-state index contributed by atoms with van der Waals surface area (Å²) in [6.07, 6.45) is 3.89. The Morgan fingerprint density at radius 3 is 2.70 bits per heavy atom. The molecule has 1 N–H and O–H groups in total. The van der Waals surface area contributed by atoms with Crippen LogP contribution < -0.4 is 5.32 Å². The third kappa shape index (κ3) is 4.63. The third-order valence-corrected chi connectivity index (χ3v) is 3.21. The van der Waals surface area contributed by atoms with Crippen molar-refractivity contribution in [3.63, 3.8) is 0 Å². The van der Waals surface area contributed by atoms with Crippen LogP contribution in [-0.4, -0.2) is 17.5 Å². The average molecular weight is 275 g/mol. The number of rotatable bonds is 8. The molecule has 1 rings (SSSR count). The lowest BCUT2D eigenvalue weighted by Gasteiger charge is -2.18. The number of nitro benzene ring substituents is 1. The van der Waals surface area contributed by atoms with E-state index < -0.39 is 4.92 Å². The van der Waals surface area contributed by atoms with Crippen molar-refractivity contribution < 1.29 is 4.92 Å². The second kappa shape index (κ2) is 8.28. The molecule has 0 saturated carbocycles. The summed E-state index contributed by atoms with van der Waals surface area (Å²) in [7, 11) is 0. The quantitative estimate of drug-likeness (QED) is 0.583. The summed E-state index contributed by atoms with van der Waals surface area (Å²) in [5.41, 5.74) is 1.25. The van der Waals surface area contributed by atoms with E-state index in [-0.39, 0.29) is 5.69 Å². The van der Waals surface area contributed by atoms with Crippen LogP contribution >= 0.6 is 0 Å². The molecule has 0 aliphatic heterocycles. The number of hydrogen-bond donors (Lipinski definition) is 1. The highest BCUT2D eigenvalue weighted by atomic mass is 16.6. The number of nitriles is 1. The highest BCUT2D eigenvalue weighted by Gasteiger charge is 2.14. The molecule has 1 aromatic carbocycles. The minimum Gasteiger partial charge on any atom is -0.314 e. The molecule has 0 spiro atoms. The van der Waals surface area contributed by atoms with E-state index in [2.05, 4.69) is 25.2 Å². The molecule has 0 aliphatic carbocycles. The fourth-order valence-electron chi connectivity index (χ4n) is 2.20. The smallest absolute Gasteiger partial charge is 0.270 e. The van der Waals surface area contributed by atoms with Gasteiger partial charge in [0.1, 0.15) is 0 Å². The van der Waals surface area contributed by atoms with Crippen molar-refractivity contribution in [2.45, 2.75) is 45.6 Å². The SMILES string of the molecule is CCCNC(CCC)Cc1ccc([N+](=O)[O-])cc1C#N. The topological polar surface area (TPSA) is 79.0 Å². The van der Waals surface area contributed by atoms with Crippen molar-refractivity contribution in [2.75, 3.05) is 6.54 Å². The highest BCUT2D eigenvalue weighted by Crippen LogP contribution is 2.19. The Morgan fingerprint density at radius 2 is 2.15 bits per heavy atom. The molecule has 0 saturated heterocycles. The van der Waals surface area contributed by atoms with E-state index in [0.717, 1.165) is 37.8 Å². The first kappa shape index (κ1) is 16.1. The van der Waals surface area contributed by atoms with Gasteiger partial charge in [-0.3, -0.25) is 10.1 Å². The molecule has 0 aromatic heterocycles. The molecule has 0 fully saturated rings. The second-order valence-corrected chi connectivity index (χ2v) is 4.85. The summed E-state index contributed by atoms with van der Waals surface area (Å²) in [5, 5.41) is 23.3. The Labute approximate surface area is 119 Å². The van der Waals surface area contributed by atoms with E-state index >= 15 is 0 Å². The van der Waals surface area contributed by atoms with Crippen LogP contribution in [0, 0.1) is 21.4 Å². The standard InChI is InChI=1S/C15H21N3O2/c1-3-5-14(17-8-4-2)9-12-6-7-15(18(19)20)10-13(12)11-16/h6-7,10,14,17H,3-5,8-9H2,1-2H3. The number of benzene rings is 1. The zero-order chi connectivity index (χ0) is 15.0. The molecule has 1 atom stereocenters. The average Bonchev–Trinajstić information content (AvgIpc) is 2.45. The molecule has 0 bridgehead atoms. The predicted molar refractivity (Wildman–Crippen MR) is 78.5 cm³/mol. The van der Waals surface area contributed by atoms with Crippen molar-refractivity contribution in [1.29, 1.82) is 5.26 Å². The van der Waals surface area contributed by atoms with Gasteiger partial charge in [0.15, 0.2) is 0 Å². The van der Waals surface area contributed by atoms with Crippen molar-refractivity contribution in [3.8, 4) is 6.07 Å². The van der Waals surface area contributed by atoms with Crippen LogP contribution in [0.2, 0.25) is 0 Å². The first-order chi connectivity index (χ1) is 9.62. The van der Waals surface area contributed by atoms with Crippen LogP contribution in [0.15, 0.2) is 18.2 Å². The zero-order valence-electron chi connectivity index (χ0n) is 12.1. The monoisotopic (exact) mass is 275 g/mol. The zero-order valence-corrected chi connectivity index (χ0v) is 12.1. The fraction of sp³-hybridized carbons (Fsp3) is 0.533. The lowest BCUT2D eigenvalue weighted by Crippen LogP contribution is -2.31. The van der Waals surface area contributed by atoms with E-state index in [1.165, 1.54) is 12.1 Å². The van der Waals surface area contributed by atoms with Crippen LogP contribution in [0.3, 0.4) is 0 Å². The number of nitrogens with one attached hydrogen (secondary N) is 1. The van der Waals surface area contributed by atoms with Crippen molar-refractivity contribution in [2.24, 2.45) is 0 Å². The summed E-state index contributed by atoms with van der Waals surface area (Å²) in [6, 6.07) is 6.91. The van der Waals surface area contributed by atoms with E-state index in [1.807, 2.05) is 0 Å². The highest BCUT2D eigenvalue weighted by molar-refractivity contribution is 5.46. The summed E-state index contributed by atoms with van der Waals surface area (Å²) >= 11 is 0. The van der Waals surface area contributed by atoms with Gasteiger partial charge < -0.3 is 5.32 Å². The van der Waals surface area contributed by atoms with Gasteiger partial charge in [0.05, 0.1) is 16.6 Å². The van der Waals surface area contributed by atoms with Crippen LogP contribution in [0.4, 0.5) is 5.69 Å². The number of non-ortho nitro benzene ring substituents is 1. The maximum atomic E-state index is 10.7. The Morgan fingerprint density at radius 1 is 1.40 bits per heavy atom. The van der Waals surface area contributed by atoms with Crippen LogP contribution in [0.5, 0.6) is 0 Å². The van der Waals surface area contributed by atoms with E-state index in [0.29, 0.717) is 11.6 Å². The molecule has 108 valence electrons. The lowest BCUT2D eigenvalue weighted by atomic mass is 9.97. The molecule has 1 unspecified atom stereocenters. The van der Waals surface area contributed by atoms with Gasteiger partial charge in [-0.2, -0.15) is 5.26 Å². The maximum absolute atomic E-state index is 10.7.